The molecule has 1 aromatic carbocycles. The number of benzene rings is 1. The van der Waals surface area contributed by atoms with Crippen molar-refractivity contribution in [2.75, 3.05) is 7.05 Å². The summed E-state index contributed by atoms with van der Waals surface area (Å²) in [4.78, 5) is 12.1. The van der Waals surface area contributed by atoms with Crippen LogP contribution >= 0.6 is 12.2 Å². The highest BCUT2D eigenvalue weighted by molar-refractivity contribution is 7.80. The van der Waals surface area contributed by atoms with Crippen LogP contribution in [0.25, 0.3) is 0 Å². The zero-order valence-electron chi connectivity index (χ0n) is 12.1. The number of halogens is 3. The van der Waals surface area contributed by atoms with Crippen LogP contribution < -0.4 is 10.9 Å². The fourth-order valence-electron chi connectivity index (χ4n) is 1.76. The SMILES string of the molecule is CNC(=S)n1[nH]c(C)c(N=Nc2cccc(C(F)(F)F)c2)c1=O. The highest BCUT2D eigenvalue weighted by Crippen LogP contribution is 2.31. The van der Waals surface area contributed by atoms with E-state index < -0.39 is 17.3 Å². The van der Waals surface area contributed by atoms with Crippen LogP contribution in [-0.4, -0.2) is 21.9 Å². The number of aromatic nitrogens is 2. The zero-order valence-corrected chi connectivity index (χ0v) is 12.9. The summed E-state index contributed by atoms with van der Waals surface area (Å²) < 4.78 is 39.0. The Kier molecular flexibility index (Phi) is 4.64. The van der Waals surface area contributed by atoms with Crippen molar-refractivity contribution in [3.05, 3.63) is 45.9 Å². The van der Waals surface area contributed by atoms with Crippen LogP contribution in [-0.2, 0) is 6.18 Å². The van der Waals surface area contributed by atoms with Crippen molar-refractivity contribution in [1.29, 1.82) is 0 Å². The van der Waals surface area contributed by atoms with E-state index in [-0.39, 0.29) is 16.5 Å². The first kappa shape index (κ1) is 16.9. The summed E-state index contributed by atoms with van der Waals surface area (Å²) in [6, 6.07) is 4.36. The van der Waals surface area contributed by atoms with Crippen molar-refractivity contribution in [2.45, 2.75) is 13.1 Å². The molecule has 0 saturated carbocycles. The van der Waals surface area contributed by atoms with Crippen molar-refractivity contribution < 1.29 is 13.2 Å². The summed E-state index contributed by atoms with van der Waals surface area (Å²) in [5, 5.41) is 12.9. The third-order valence-electron chi connectivity index (χ3n) is 2.90. The first-order valence-electron chi connectivity index (χ1n) is 6.36. The summed E-state index contributed by atoms with van der Waals surface area (Å²) in [6.07, 6.45) is -4.47. The van der Waals surface area contributed by atoms with Crippen LogP contribution in [0.3, 0.4) is 0 Å². The maximum Gasteiger partial charge on any atom is 0.416 e. The van der Waals surface area contributed by atoms with E-state index in [1.54, 1.807) is 14.0 Å². The molecule has 0 fully saturated rings. The third-order valence-corrected chi connectivity index (χ3v) is 3.28. The molecule has 0 spiro atoms. The number of nitrogens with one attached hydrogen (secondary N) is 2. The van der Waals surface area contributed by atoms with E-state index >= 15 is 0 Å². The third kappa shape index (κ3) is 3.65. The van der Waals surface area contributed by atoms with Gasteiger partial charge in [-0.05, 0) is 37.3 Å². The number of H-pyrrole nitrogens is 1. The minimum absolute atomic E-state index is 0.0115. The number of rotatable bonds is 2. The van der Waals surface area contributed by atoms with Crippen LogP contribution in [0.2, 0.25) is 0 Å². The van der Waals surface area contributed by atoms with E-state index in [4.69, 9.17) is 12.2 Å². The molecular formula is C13H12F3N5OS. The second-order valence-electron chi connectivity index (χ2n) is 4.53. The lowest BCUT2D eigenvalue weighted by atomic mass is 10.2. The number of hydrogen-bond acceptors (Lipinski definition) is 4. The van der Waals surface area contributed by atoms with Gasteiger partial charge in [0.15, 0.2) is 10.8 Å². The minimum Gasteiger partial charge on any atom is -0.364 e. The van der Waals surface area contributed by atoms with Gasteiger partial charge in [-0.3, -0.25) is 9.89 Å². The molecular weight excluding hydrogens is 331 g/mol. The van der Waals surface area contributed by atoms with Gasteiger partial charge < -0.3 is 5.32 Å². The topological polar surface area (TPSA) is 74.5 Å². The van der Waals surface area contributed by atoms with Crippen molar-refractivity contribution in [3.63, 3.8) is 0 Å². The average Bonchev–Trinajstić information content (AvgIpc) is 2.78. The maximum absolute atomic E-state index is 12.6. The van der Waals surface area contributed by atoms with Crippen LogP contribution in [0.1, 0.15) is 11.3 Å². The molecule has 23 heavy (non-hydrogen) atoms. The van der Waals surface area contributed by atoms with E-state index in [2.05, 4.69) is 20.6 Å². The monoisotopic (exact) mass is 343 g/mol. The molecule has 0 atom stereocenters. The molecule has 0 radical (unpaired) electrons. The standard InChI is InChI=1S/C13H12F3N5OS/c1-7-10(11(22)21(20-7)12(23)17-2)19-18-9-5-3-4-8(6-9)13(14,15)16/h3-6,20H,1-2H3,(H,17,23). The number of aromatic amines is 1. The normalized spacial score (nSPS) is 11.9. The molecule has 2 rings (SSSR count). The number of azo groups is 1. The van der Waals surface area contributed by atoms with Gasteiger partial charge in [0.25, 0.3) is 0 Å². The number of thiocarbonyl (C=S) groups is 1. The molecule has 0 saturated heterocycles. The van der Waals surface area contributed by atoms with E-state index in [0.717, 1.165) is 16.8 Å². The van der Waals surface area contributed by atoms with Gasteiger partial charge in [0.05, 0.1) is 16.9 Å². The number of nitrogens with zero attached hydrogens (tertiary/aromatic N) is 3. The Balaban J connectivity index is 2.37. The molecule has 6 nitrogen and oxygen atoms in total. The Morgan fingerprint density at radius 2 is 2.04 bits per heavy atom. The predicted molar refractivity (Wildman–Crippen MR) is 82.5 cm³/mol. The largest absolute Gasteiger partial charge is 0.416 e. The highest BCUT2D eigenvalue weighted by Gasteiger charge is 2.30. The molecule has 0 aliphatic rings. The average molecular weight is 343 g/mol. The Morgan fingerprint density at radius 3 is 2.65 bits per heavy atom. The van der Waals surface area contributed by atoms with Crippen molar-refractivity contribution in [2.24, 2.45) is 10.2 Å². The first-order chi connectivity index (χ1) is 10.7. The molecule has 1 aromatic heterocycles. The highest BCUT2D eigenvalue weighted by atomic mass is 32.1. The first-order valence-corrected chi connectivity index (χ1v) is 6.77. The van der Waals surface area contributed by atoms with Crippen LogP contribution in [0.4, 0.5) is 24.5 Å². The molecule has 0 aliphatic carbocycles. The second kappa shape index (κ2) is 6.32. The fourth-order valence-corrected chi connectivity index (χ4v) is 1.89. The number of alkyl halides is 3. The van der Waals surface area contributed by atoms with Gasteiger partial charge in [0.2, 0.25) is 0 Å². The lowest BCUT2D eigenvalue weighted by Crippen LogP contribution is -2.32. The maximum atomic E-state index is 12.6. The van der Waals surface area contributed by atoms with Crippen molar-refractivity contribution in [1.82, 2.24) is 15.1 Å². The smallest absolute Gasteiger partial charge is 0.364 e. The van der Waals surface area contributed by atoms with E-state index in [9.17, 15) is 18.0 Å². The molecule has 0 amide bonds. The summed E-state index contributed by atoms with van der Waals surface area (Å²) in [5.74, 6) is 0. The lowest BCUT2D eigenvalue weighted by molar-refractivity contribution is -0.137. The fraction of sp³-hybridized carbons (Fsp3) is 0.231. The molecule has 0 bridgehead atoms. The quantitative estimate of drug-likeness (QED) is 0.649. The Labute approximate surface area is 134 Å². The summed E-state index contributed by atoms with van der Waals surface area (Å²) >= 11 is 4.94. The van der Waals surface area contributed by atoms with Crippen LogP contribution in [0.15, 0.2) is 39.3 Å². The molecule has 1 heterocycles. The molecule has 0 aliphatic heterocycles. The molecule has 2 aromatic rings. The van der Waals surface area contributed by atoms with Crippen molar-refractivity contribution in [3.8, 4) is 0 Å². The van der Waals surface area contributed by atoms with Crippen LogP contribution in [0, 0.1) is 6.92 Å². The number of aryl methyl sites for hydroxylation is 1. The minimum atomic E-state index is -4.47. The van der Waals surface area contributed by atoms with Gasteiger partial charge in [-0.25, -0.2) is 0 Å². The summed E-state index contributed by atoms with van der Waals surface area (Å²) in [6.45, 7) is 1.58. The van der Waals surface area contributed by atoms with Gasteiger partial charge in [-0.2, -0.15) is 23.0 Å². The molecule has 0 unspecified atom stereocenters. The van der Waals surface area contributed by atoms with Crippen molar-refractivity contribution >= 4 is 28.7 Å². The molecule has 2 N–H and O–H groups in total. The Morgan fingerprint density at radius 1 is 1.35 bits per heavy atom. The van der Waals surface area contributed by atoms with Crippen LogP contribution in [0.5, 0.6) is 0 Å². The van der Waals surface area contributed by atoms with E-state index in [1.807, 2.05) is 0 Å². The van der Waals surface area contributed by atoms with Gasteiger partial charge in [-0.15, -0.1) is 5.11 Å². The molecule has 10 heteroatoms. The zero-order chi connectivity index (χ0) is 17.2. The Hall–Kier alpha value is -2.49. The van der Waals surface area contributed by atoms with E-state index in [1.165, 1.54) is 12.1 Å². The molecule has 122 valence electrons. The summed E-state index contributed by atoms with van der Waals surface area (Å²) in [7, 11) is 1.55. The number of hydrogen-bond donors (Lipinski definition) is 2. The predicted octanol–water partition coefficient (Wildman–Crippen LogP) is 3.27. The van der Waals surface area contributed by atoms with Gasteiger partial charge in [-0.1, -0.05) is 6.07 Å². The Bertz CT molecular complexity index is 822. The summed E-state index contributed by atoms with van der Waals surface area (Å²) in [5.41, 5.74) is -1.03. The van der Waals surface area contributed by atoms with Gasteiger partial charge >= 0.3 is 11.7 Å². The van der Waals surface area contributed by atoms with Gasteiger partial charge in [0, 0.05) is 7.05 Å². The second-order valence-corrected chi connectivity index (χ2v) is 4.92. The lowest BCUT2D eigenvalue weighted by Gasteiger charge is -2.05. The van der Waals surface area contributed by atoms with E-state index in [0.29, 0.717) is 5.69 Å². The van der Waals surface area contributed by atoms with Gasteiger partial charge in [0.1, 0.15) is 0 Å².